The lowest BCUT2D eigenvalue weighted by molar-refractivity contribution is -0.146. The summed E-state index contributed by atoms with van der Waals surface area (Å²) >= 11 is 0. The molecule has 0 amide bonds. The van der Waals surface area contributed by atoms with Crippen LogP contribution >= 0.6 is 0 Å². The molecule has 1 aromatic rings. The Morgan fingerprint density at radius 3 is 2.87 bits per heavy atom. The van der Waals surface area contributed by atoms with Crippen molar-refractivity contribution in [1.29, 1.82) is 0 Å². The van der Waals surface area contributed by atoms with Crippen LogP contribution in [0.5, 0.6) is 0 Å². The molecule has 0 saturated heterocycles. The number of aromatic nitrogens is 2. The molecule has 0 unspecified atom stereocenters. The molecule has 2 aliphatic carbocycles. The number of hydrogen-bond donors (Lipinski definition) is 0. The van der Waals surface area contributed by atoms with Gasteiger partial charge in [0.2, 0.25) is 0 Å². The number of nitrogens with zero attached hydrogens (tertiary/aromatic N) is 2. The molecular weight excluding hydrogens is 192 g/mol. The van der Waals surface area contributed by atoms with Gasteiger partial charge in [-0.2, -0.15) is 5.10 Å². The number of esters is 1. The lowest BCUT2D eigenvalue weighted by atomic mass is 10.2. The first kappa shape index (κ1) is 8.95. The zero-order valence-corrected chi connectivity index (χ0v) is 8.77. The second-order valence-electron chi connectivity index (χ2n) is 4.52. The number of methoxy groups -OCH3 is 1. The molecule has 0 radical (unpaired) electrons. The summed E-state index contributed by atoms with van der Waals surface area (Å²) in [5, 5.41) is 4.30. The summed E-state index contributed by atoms with van der Waals surface area (Å²) in [6.07, 6.45) is 8.13. The Morgan fingerprint density at radius 1 is 1.60 bits per heavy atom. The smallest absolute Gasteiger partial charge is 0.333 e. The van der Waals surface area contributed by atoms with Gasteiger partial charge in [0, 0.05) is 6.20 Å². The minimum Gasteiger partial charge on any atom is -0.467 e. The fourth-order valence-electron chi connectivity index (χ4n) is 2.03. The van der Waals surface area contributed by atoms with Crippen molar-refractivity contribution in [2.45, 2.75) is 37.1 Å². The summed E-state index contributed by atoms with van der Waals surface area (Å²) in [4.78, 5) is 11.6. The van der Waals surface area contributed by atoms with Gasteiger partial charge < -0.3 is 4.74 Å². The van der Waals surface area contributed by atoms with E-state index in [-0.39, 0.29) is 5.97 Å². The summed E-state index contributed by atoms with van der Waals surface area (Å²) in [6.45, 7) is 0. The van der Waals surface area contributed by atoms with E-state index in [0.717, 1.165) is 12.8 Å². The van der Waals surface area contributed by atoms with E-state index < -0.39 is 5.54 Å². The normalized spacial score (nSPS) is 22.5. The molecule has 4 heteroatoms. The van der Waals surface area contributed by atoms with E-state index in [0.29, 0.717) is 5.92 Å². The summed E-state index contributed by atoms with van der Waals surface area (Å²) in [7, 11) is 1.44. The molecule has 4 nitrogen and oxygen atoms in total. The molecule has 0 atom stereocenters. The summed E-state index contributed by atoms with van der Waals surface area (Å²) in [5.74, 6) is 0.528. The van der Waals surface area contributed by atoms with Crippen LogP contribution in [-0.4, -0.2) is 22.9 Å². The zero-order valence-electron chi connectivity index (χ0n) is 8.77. The minimum absolute atomic E-state index is 0.159. The molecule has 0 bridgehead atoms. The van der Waals surface area contributed by atoms with Crippen LogP contribution in [0.1, 0.15) is 37.2 Å². The molecule has 2 aliphatic rings. The van der Waals surface area contributed by atoms with Gasteiger partial charge in [0.1, 0.15) is 0 Å². The molecule has 1 heterocycles. The largest absolute Gasteiger partial charge is 0.467 e. The van der Waals surface area contributed by atoms with Crippen molar-refractivity contribution in [2.24, 2.45) is 0 Å². The fraction of sp³-hybridized carbons (Fsp3) is 0.636. The van der Waals surface area contributed by atoms with Gasteiger partial charge in [-0.05, 0) is 37.2 Å². The molecule has 0 aliphatic heterocycles. The van der Waals surface area contributed by atoms with Crippen molar-refractivity contribution < 1.29 is 9.53 Å². The van der Waals surface area contributed by atoms with Crippen molar-refractivity contribution in [1.82, 2.24) is 9.78 Å². The lowest BCUT2D eigenvalue weighted by Crippen LogP contribution is -2.29. The summed E-state index contributed by atoms with van der Waals surface area (Å²) < 4.78 is 6.62. The maximum atomic E-state index is 11.6. The van der Waals surface area contributed by atoms with Crippen LogP contribution in [0.2, 0.25) is 0 Å². The first-order valence-electron chi connectivity index (χ1n) is 5.40. The van der Waals surface area contributed by atoms with Gasteiger partial charge in [0.15, 0.2) is 5.54 Å². The molecule has 80 valence electrons. The van der Waals surface area contributed by atoms with E-state index in [2.05, 4.69) is 5.10 Å². The van der Waals surface area contributed by atoms with E-state index in [1.807, 2.05) is 12.4 Å². The number of carbonyl (C=O) groups excluding carboxylic acids is 1. The quantitative estimate of drug-likeness (QED) is 0.702. The van der Waals surface area contributed by atoms with Crippen LogP contribution in [0, 0.1) is 0 Å². The fourth-order valence-corrected chi connectivity index (χ4v) is 2.03. The third-order valence-electron chi connectivity index (χ3n) is 3.38. The molecule has 0 N–H and O–H groups in total. The van der Waals surface area contributed by atoms with Crippen molar-refractivity contribution in [2.75, 3.05) is 7.11 Å². The zero-order chi connectivity index (χ0) is 10.5. The van der Waals surface area contributed by atoms with E-state index in [4.69, 9.17) is 4.74 Å². The molecule has 3 rings (SSSR count). The Hall–Kier alpha value is -1.32. The van der Waals surface area contributed by atoms with Crippen LogP contribution in [0.15, 0.2) is 12.4 Å². The van der Waals surface area contributed by atoms with Crippen LogP contribution < -0.4 is 0 Å². The van der Waals surface area contributed by atoms with Crippen LogP contribution in [0.25, 0.3) is 0 Å². The first-order chi connectivity index (χ1) is 7.26. The number of carbonyl (C=O) groups is 1. The molecule has 0 spiro atoms. The van der Waals surface area contributed by atoms with Gasteiger partial charge >= 0.3 is 5.97 Å². The van der Waals surface area contributed by atoms with E-state index in [9.17, 15) is 4.79 Å². The molecule has 1 aromatic heterocycles. The van der Waals surface area contributed by atoms with E-state index >= 15 is 0 Å². The van der Waals surface area contributed by atoms with E-state index in [1.165, 1.54) is 25.5 Å². The predicted octanol–water partition coefficient (Wildman–Crippen LogP) is 1.42. The van der Waals surface area contributed by atoms with Crippen LogP contribution in [0.4, 0.5) is 0 Å². The minimum atomic E-state index is -0.470. The highest BCUT2D eigenvalue weighted by Crippen LogP contribution is 2.46. The lowest BCUT2D eigenvalue weighted by Gasteiger charge is -2.12. The van der Waals surface area contributed by atoms with Gasteiger partial charge in [-0.1, -0.05) is 0 Å². The average molecular weight is 206 g/mol. The first-order valence-corrected chi connectivity index (χ1v) is 5.40. The van der Waals surface area contributed by atoms with Crippen molar-refractivity contribution in [3.05, 3.63) is 18.0 Å². The maximum Gasteiger partial charge on any atom is 0.333 e. The monoisotopic (exact) mass is 206 g/mol. The maximum absolute atomic E-state index is 11.6. The molecule has 2 fully saturated rings. The highest BCUT2D eigenvalue weighted by Gasteiger charge is 2.54. The standard InChI is InChI=1S/C11H14N2O2/c1-15-10(14)11(4-5-11)13-7-9(6-12-13)8-2-3-8/h6-8H,2-5H2,1H3. The van der Waals surface area contributed by atoms with Gasteiger partial charge in [-0.15, -0.1) is 0 Å². The van der Waals surface area contributed by atoms with Crippen molar-refractivity contribution in [3.63, 3.8) is 0 Å². The predicted molar refractivity (Wildman–Crippen MR) is 53.4 cm³/mol. The number of rotatable bonds is 3. The second-order valence-corrected chi connectivity index (χ2v) is 4.52. The Bertz CT molecular complexity index is 402. The topological polar surface area (TPSA) is 44.1 Å². The van der Waals surface area contributed by atoms with Crippen molar-refractivity contribution >= 4 is 5.97 Å². The van der Waals surface area contributed by atoms with Crippen LogP contribution in [-0.2, 0) is 15.1 Å². The third kappa shape index (κ3) is 1.28. The summed E-state index contributed by atoms with van der Waals surface area (Å²) in [5.41, 5.74) is 0.798. The molecule has 15 heavy (non-hydrogen) atoms. The average Bonchev–Trinajstić information content (AvgIpc) is 3.18. The van der Waals surface area contributed by atoms with E-state index in [1.54, 1.807) is 4.68 Å². The highest BCUT2D eigenvalue weighted by atomic mass is 16.5. The number of ether oxygens (including phenoxy) is 1. The molecule has 0 aromatic carbocycles. The molecule has 2 saturated carbocycles. The van der Waals surface area contributed by atoms with Gasteiger partial charge in [0.05, 0.1) is 13.3 Å². The number of hydrogen-bond acceptors (Lipinski definition) is 3. The van der Waals surface area contributed by atoms with Gasteiger partial charge in [0.25, 0.3) is 0 Å². The SMILES string of the molecule is COC(=O)C1(n2cc(C3CC3)cn2)CC1. The van der Waals surface area contributed by atoms with Crippen LogP contribution in [0.3, 0.4) is 0 Å². The Labute approximate surface area is 88.2 Å². The van der Waals surface area contributed by atoms with Crippen molar-refractivity contribution in [3.8, 4) is 0 Å². The molecular formula is C11H14N2O2. The highest BCUT2D eigenvalue weighted by molar-refractivity contribution is 5.81. The second kappa shape index (κ2) is 2.84. The Kier molecular flexibility index (Phi) is 1.69. The Balaban J connectivity index is 1.88. The summed E-state index contributed by atoms with van der Waals surface area (Å²) in [6, 6.07) is 0. The van der Waals surface area contributed by atoms with Gasteiger partial charge in [-0.25, -0.2) is 4.79 Å². The third-order valence-corrected chi connectivity index (χ3v) is 3.38. The Morgan fingerprint density at radius 2 is 2.33 bits per heavy atom. The van der Waals surface area contributed by atoms with Gasteiger partial charge in [-0.3, -0.25) is 4.68 Å².